The molecule has 1 amide bonds. The van der Waals surface area contributed by atoms with E-state index in [-0.39, 0.29) is 12.7 Å². The average Bonchev–Trinajstić information content (AvgIpc) is 2.85. The maximum absolute atomic E-state index is 11.8. The van der Waals surface area contributed by atoms with Gasteiger partial charge in [0.2, 0.25) is 12.7 Å². The van der Waals surface area contributed by atoms with E-state index in [1.807, 2.05) is 0 Å². The third-order valence-corrected chi connectivity index (χ3v) is 3.59. The Bertz CT molecular complexity index is 556. The number of benzene rings is 1. The number of likely N-dealkylation sites (N-methyl/N-ethyl adjacent to an activating group) is 1. The number of carbonyl (C=O) groups excluding carboxylic acids is 1. The zero-order chi connectivity index (χ0) is 14.9. The minimum atomic E-state index is -1.44. The van der Waals surface area contributed by atoms with Crippen molar-refractivity contribution in [3.63, 3.8) is 0 Å². The zero-order valence-corrected chi connectivity index (χ0v) is 11.7. The van der Waals surface area contributed by atoms with Gasteiger partial charge >= 0.3 is 5.97 Å². The molecule has 0 spiro atoms. The lowest BCUT2D eigenvalue weighted by Crippen LogP contribution is -2.51. The summed E-state index contributed by atoms with van der Waals surface area (Å²) in [7, 11) is 0. The molecule has 1 N–H and O–H groups in total. The molecule has 2 rings (SSSR count). The molecule has 0 aromatic heterocycles. The van der Waals surface area contributed by atoms with Crippen LogP contribution in [0.3, 0.4) is 0 Å². The number of hydrogen-bond donors (Lipinski definition) is 1. The molecule has 0 bridgehead atoms. The first-order chi connectivity index (χ1) is 9.41. The van der Waals surface area contributed by atoms with Crippen molar-refractivity contribution in [2.45, 2.75) is 26.3 Å². The molecular formula is C14H17NO5. The Kier molecular flexibility index (Phi) is 3.57. The number of amides is 1. The second kappa shape index (κ2) is 5.03. The van der Waals surface area contributed by atoms with Crippen LogP contribution in [-0.4, -0.2) is 35.2 Å². The molecule has 1 aliphatic rings. The summed E-state index contributed by atoms with van der Waals surface area (Å²) in [5, 5.41) is 9.62. The number of hydrogen-bond acceptors (Lipinski definition) is 4. The molecule has 6 heteroatoms. The van der Waals surface area contributed by atoms with E-state index < -0.39 is 11.5 Å². The van der Waals surface area contributed by atoms with Crippen molar-refractivity contribution in [3.8, 4) is 11.5 Å². The van der Waals surface area contributed by atoms with E-state index in [1.54, 1.807) is 25.1 Å². The highest BCUT2D eigenvalue weighted by molar-refractivity contribution is 5.87. The second-order valence-corrected chi connectivity index (χ2v) is 4.71. The highest BCUT2D eigenvalue weighted by atomic mass is 16.7. The molecule has 1 aromatic carbocycles. The van der Waals surface area contributed by atoms with Gasteiger partial charge in [0, 0.05) is 13.5 Å². The van der Waals surface area contributed by atoms with E-state index in [4.69, 9.17) is 9.47 Å². The van der Waals surface area contributed by atoms with Crippen LogP contribution in [0.2, 0.25) is 0 Å². The Morgan fingerprint density at radius 1 is 1.35 bits per heavy atom. The van der Waals surface area contributed by atoms with Gasteiger partial charge < -0.3 is 19.5 Å². The number of aliphatic carboxylic acids is 1. The quantitative estimate of drug-likeness (QED) is 0.905. The fraction of sp³-hybridized carbons (Fsp3) is 0.429. The van der Waals surface area contributed by atoms with E-state index in [1.165, 1.54) is 18.7 Å². The Morgan fingerprint density at radius 2 is 2.00 bits per heavy atom. The number of rotatable bonds is 4. The number of fused-ring (bicyclic) bond motifs is 1. The molecule has 1 aliphatic heterocycles. The van der Waals surface area contributed by atoms with E-state index >= 15 is 0 Å². The van der Waals surface area contributed by atoms with E-state index in [2.05, 4.69) is 0 Å². The molecule has 6 nitrogen and oxygen atoms in total. The van der Waals surface area contributed by atoms with Crippen molar-refractivity contribution >= 4 is 11.9 Å². The summed E-state index contributed by atoms with van der Waals surface area (Å²) in [6.45, 7) is 5.03. The average molecular weight is 279 g/mol. The van der Waals surface area contributed by atoms with Crippen molar-refractivity contribution in [2.75, 3.05) is 13.3 Å². The van der Waals surface area contributed by atoms with Gasteiger partial charge in [-0.05, 0) is 31.5 Å². The zero-order valence-electron chi connectivity index (χ0n) is 11.7. The first-order valence-electron chi connectivity index (χ1n) is 6.33. The van der Waals surface area contributed by atoms with Gasteiger partial charge in [0.05, 0.1) is 0 Å². The van der Waals surface area contributed by atoms with E-state index in [9.17, 15) is 14.7 Å². The molecule has 1 aromatic rings. The molecule has 0 radical (unpaired) electrons. The van der Waals surface area contributed by atoms with Crippen LogP contribution in [0, 0.1) is 0 Å². The molecule has 1 atom stereocenters. The summed E-state index contributed by atoms with van der Waals surface area (Å²) in [5.74, 6) is -0.314. The molecule has 0 saturated heterocycles. The maximum Gasteiger partial charge on any atom is 0.334 e. The van der Waals surface area contributed by atoms with Gasteiger partial charge in [-0.2, -0.15) is 0 Å². The first-order valence-corrected chi connectivity index (χ1v) is 6.33. The van der Waals surface area contributed by atoms with Gasteiger partial charge in [-0.1, -0.05) is 6.07 Å². The predicted octanol–water partition coefficient (Wildman–Crippen LogP) is 1.58. The lowest BCUT2D eigenvalue weighted by atomic mass is 9.89. The molecule has 20 heavy (non-hydrogen) atoms. The predicted molar refractivity (Wildman–Crippen MR) is 70.6 cm³/mol. The summed E-state index contributed by atoms with van der Waals surface area (Å²) < 4.78 is 10.5. The Labute approximate surface area is 116 Å². The highest BCUT2D eigenvalue weighted by Crippen LogP contribution is 2.38. The summed E-state index contributed by atoms with van der Waals surface area (Å²) in [5.41, 5.74) is -0.965. The van der Waals surface area contributed by atoms with Crippen LogP contribution < -0.4 is 9.47 Å². The third kappa shape index (κ3) is 2.07. The third-order valence-electron chi connectivity index (χ3n) is 3.59. The fourth-order valence-corrected chi connectivity index (χ4v) is 2.45. The summed E-state index contributed by atoms with van der Waals surface area (Å²) in [6, 6.07) is 4.92. The van der Waals surface area contributed by atoms with Gasteiger partial charge in [-0.25, -0.2) is 4.79 Å². The molecule has 1 unspecified atom stereocenters. The van der Waals surface area contributed by atoms with Crippen molar-refractivity contribution in [2.24, 2.45) is 0 Å². The Hall–Kier alpha value is -2.24. The highest BCUT2D eigenvalue weighted by Gasteiger charge is 2.43. The van der Waals surface area contributed by atoms with Gasteiger partial charge in [-0.3, -0.25) is 4.79 Å². The lowest BCUT2D eigenvalue weighted by molar-refractivity contribution is -0.158. The van der Waals surface area contributed by atoms with Crippen molar-refractivity contribution in [1.29, 1.82) is 0 Å². The second-order valence-electron chi connectivity index (χ2n) is 4.71. The van der Waals surface area contributed by atoms with E-state index in [0.29, 0.717) is 23.6 Å². The van der Waals surface area contributed by atoms with Gasteiger partial charge in [0.15, 0.2) is 17.0 Å². The van der Waals surface area contributed by atoms with Crippen LogP contribution in [0.4, 0.5) is 0 Å². The van der Waals surface area contributed by atoms with Crippen LogP contribution in [0.5, 0.6) is 11.5 Å². The standard InChI is InChI=1S/C14H17NO5/c1-4-15(9(2)16)14(3,13(17)18)10-5-6-11-12(7-10)20-8-19-11/h5-7H,4,8H2,1-3H3,(H,17,18). The van der Waals surface area contributed by atoms with Gasteiger partial charge in [-0.15, -0.1) is 0 Å². The molecule has 108 valence electrons. The van der Waals surface area contributed by atoms with Crippen molar-refractivity contribution in [3.05, 3.63) is 23.8 Å². The first kappa shape index (κ1) is 14.2. The van der Waals surface area contributed by atoms with Crippen molar-refractivity contribution < 1.29 is 24.2 Å². The summed E-state index contributed by atoms with van der Waals surface area (Å²) in [6.07, 6.45) is 0. The number of carbonyl (C=O) groups is 2. The van der Waals surface area contributed by atoms with Crippen molar-refractivity contribution in [1.82, 2.24) is 4.90 Å². The molecule has 0 aliphatic carbocycles. The van der Waals surface area contributed by atoms with Crippen LogP contribution in [-0.2, 0) is 15.1 Å². The van der Waals surface area contributed by atoms with Crippen LogP contribution in [0.1, 0.15) is 26.3 Å². The fourth-order valence-electron chi connectivity index (χ4n) is 2.45. The minimum Gasteiger partial charge on any atom is -0.479 e. The SMILES string of the molecule is CCN(C(C)=O)C(C)(C(=O)O)c1ccc2c(c1)OCO2. The smallest absolute Gasteiger partial charge is 0.334 e. The van der Waals surface area contributed by atoms with Gasteiger partial charge in [0.25, 0.3) is 0 Å². The molecule has 1 heterocycles. The molecular weight excluding hydrogens is 262 g/mol. The van der Waals surface area contributed by atoms with E-state index in [0.717, 1.165) is 0 Å². The normalized spacial score (nSPS) is 15.6. The number of nitrogens with zero attached hydrogens (tertiary/aromatic N) is 1. The summed E-state index contributed by atoms with van der Waals surface area (Å²) in [4.78, 5) is 24.8. The Morgan fingerprint density at radius 3 is 2.55 bits per heavy atom. The van der Waals surface area contributed by atoms with Gasteiger partial charge in [0.1, 0.15) is 0 Å². The number of ether oxygens (including phenoxy) is 2. The minimum absolute atomic E-state index is 0.118. The van der Waals surface area contributed by atoms with Crippen LogP contribution >= 0.6 is 0 Å². The number of carboxylic acid groups (broad SMARTS) is 1. The maximum atomic E-state index is 11.8. The van der Waals surface area contributed by atoms with Crippen LogP contribution in [0.25, 0.3) is 0 Å². The number of carboxylic acids is 1. The molecule has 0 saturated carbocycles. The Balaban J connectivity index is 2.53. The summed E-state index contributed by atoms with van der Waals surface area (Å²) >= 11 is 0. The van der Waals surface area contributed by atoms with Crippen LogP contribution in [0.15, 0.2) is 18.2 Å². The molecule has 0 fully saturated rings. The lowest BCUT2D eigenvalue weighted by Gasteiger charge is -2.37. The monoisotopic (exact) mass is 279 g/mol. The topological polar surface area (TPSA) is 76.1 Å². The largest absolute Gasteiger partial charge is 0.479 e.